The second-order valence-corrected chi connectivity index (χ2v) is 12.1. The third-order valence-corrected chi connectivity index (χ3v) is 7.91. The van der Waals surface area contributed by atoms with E-state index in [0.717, 1.165) is 44.6 Å². The van der Waals surface area contributed by atoms with E-state index < -0.39 is 5.60 Å². The van der Waals surface area contributed by atoms with Gasteiger partial charge in [-0.1, -0.05) is 63.2 Å². The largest absolute Gasteiger partial charge is 0.489 e. The summed E-state index contributed by atoms with van der Waals surface area (Å²) in [6.45, 7) is 12.5. The summed E-state index contributed by atoms with van der Waals surface area (Å²) in [5.74, 6) is 0.985. The first-order valence-corrected chi connectivity index (χ1v) is 13.0. The second kappa shape index (κ2) is 10.2. The highest BCUT2D eigenvalue weighted by Gasteiger charge is 2.49. The molecule has 0 aliphatic carbocycles. The zero-order chi connectivity index (χ0) is 25.3. The Kier molecular flexibility index (Phi) is 7.63. The van der Waals surface area contributed by atoms with Crippen molar-refractivity contribution in [3.8, 4) is 5.75 Å². The van der Waals surface area contributed by atoms with E-state index in [1.165, 1.54) is 16.7 Å². The molecule has 192 valence electrons. The fraction of sp³-hybridized carbons (Fsp3) is 0.600. The summed E-state index contributed by atoms with van der Waals surface area (Å²) in [6.07, 6.45) is 2.87. The van der Waals surface area contributed by atoms with Gasteiger partial charge in [0.15, 0.2) is 0 Å². The van der Waals surface area contributed by atoms with Crippen LogP contribution < -0.4 is 4.74 Å². The highest BCUT2D eigenvalue weighted by molar-refractivity contribution is 5.40. The predicted molar refractivity (Wildman–Crippen MR) is 142 cm³/mol. The average molecular weight is 481 g/mol. The third-order valence-electron chi connectivity index (χ3n) is 7.91. The molecule has 0 unspecified atom stereocenters. The Bertz CT molecular complexity index is 973. The summed E-state index contributed by atoms with van der Waals surface area (Å²) < 4.78 is 12.7. The number of benzene rings is 2. The summed E-state index contributed by atoms with van der Waals surface area (Å²) in [5.41, 5.74) is 2.86. The second-order valence-electron chi connectivity index (χ2n) is 12.1. The van der Waals surface area contributed by atoms with Crippen LogP contribution in [0.15, 0.2) is 48.5 Å². The minimum absolute atomic E-state index is 0.0728. The number of nitrogens with zero attached hydrogens (tertiary/aromatic N) is 2. The normalized spacial score (nSPS) is 25.2. The van der Waals surface area contributed by atoms with Crippen molar-refractivity contribution in [2.45, 2.75) is 82.8 Å². The minimum atomic E-state index is -0.800. The van der Waals surface area contributed by atoms with Gasteiger partial charge in [0.1, 0.15) is 18.0 Å². The lowest BCUT2D eigenvalue weighted by Gasteiger charge is -2.52. The Hall–Kier alpha value is -1.92. The number of likely N-dealkylation sites (N-methyl/N-ethyl adjacent to an activating group) is 1. The number of hydrogen-bond acceptors (Lipinski definition) is 5. The fourth-order valence-corrected chi connectivity index (χ4v) is 5.49. The van der Waals surface area contributed by atoms with Gasteiger partial charge in [-0.05, 0) is 62.9 Å². The van der Waals surface area contributed by atoms with Crippen LogP contribution in [0.5, 0.6) is 5.75 Å². The van der Waals surface area contributed by atoms with Gasteiger partial charge >= 0.3 is 0 Å². The first kappa shape index (κ1) is 26.2. The van der Waals surface area contributed by atoms with Gasteiger partial charge in [-0.15, -0.1) is 0 Å². The van der Waals surface area contributed by atoms with Gasteiger partial charge in [0, 0.05) is 31.2 Å². The zero-order valence-electron chi connectivity index (χ0n) is 22.5. The van der Waals surface area contributed by atoms with Crippen LogP contribution in [0.4, 0.5) is 0 Å². The SMILES string of the molecule is CN(C)[C@H]1CC2(CCN(Cc3ccc(C(C)(C)C)cc3OCc3ccccc3)CC2)OC[C@]1(C)O. The molecule has 0 aromatic heterocycles. The van der Waals surface area contributed by atoms with Crippen molar-refractivity contribution < 1.29 is 14.6 Å². The van der Waals surface area contributed by atoms with Crippen LogP contribution in [0.2, 0.25) is 0 Å². The Morgan fingerprint density at radius 1 is 1.09 bits per heavy atom. The quantitative estimate of drug-likeness (QED) is 0.630. The maximum atomic E-state index is 10.8. The van der Waals surface area contributed by atoms with E-state index in [1.807, 2.05) is 13.0 Å². The molecule has 2 aromatic carbocycles. The molecule has 1 N–H and O–H groups in total. The fourth-order valence-electron chi connectivity index (χ4n) is 5.49. The van der Waals surface area contributed by atoms with Gasteiger partial charge in [-0.25, -0.2) is 0 Å². The Balaban J connectivity index is 1.44. The summed E-state index contributed by atoms with van der Waals surface area (Å²) in [6, 6.07) is 17.2. The molecule has 5 nitrogen and oxygen atoms in total. The number of hydrogen-bond donors (Lipinski definition) is 1. The van der Waals surface area contributed by atoms with Gasteiger partial charge in [-0.3, -0.25) is 4.90 Å². The summed E-state index contributed by atoms with van der Waals surface area (Å²) in [4.78, 5) is 4.68. The topological polar surface area (TPSA) is 45.2 Å². The first-order valence-electron chi connectivity index (χ1n) is 13.0. The third kappa shape index (κ3) is 6.26. The Labute approximate surface area is 212 Å². The molecule has 2 aliphatic heterocycles. The van der Waals surface area contributed by atoms with Crippen molar-refractivity contribution in [2.24, 2.45) is 0 Å². The van der Waals surface area contributed by atoms with Crippen LogP contribution in [-0.2, 0) is 23.3 Å². The molecule has 2 atom stereocenters. The number of ether oxygens (including phenoxy) is 2. The molecule has 2 saturated heterocycles. The van der Waals surface area contributed by atoms with Crippen LogP contribution in [0.3, 0.4) is 0 Å². The molecule has 2 aromatic rings. The molecular formula is C30H44N2O3. The van der Waals surface area contributed by atoms with Crippen molar-refractivity contribution in [3.05, 3.63) is 65.2 Å². The monoisotopic (exact) mass is 480 g/mol. The van der Waals surface area contributed by atoms with Crippen LogP contribution in [0, 0.1) is 0 Å². The maximum absolute atomic E-state index is 10.8. The van der Waals surface area contributed by atoms with Crippen molar-refractivity contribution >= 4 is 0 Å². The van der Waals surface area contributed by atoms with Crippen molar-refractivity contribution in [2.75, 3.05) is 33.8 Å². The standard InChI is InChI=1S/C30H44N2O3/c1-28(2,3)25-13-12-24(26(18-25)34-21-23-10-8-7-9-11-23)20-32-16-14-30(15-17-32)19-27(31(5)6)29(4,33)22-35-30/h7-13,18,27,33H,14-17,19-22H2,1-6H3/t27-,29-/m0/s1. The van der Waals surface area contributed by atoms with E-state index >= 15 is 0 Å². The molecular weight excluding hydrogens is 436 g/mol. The highest BCUT2D eigenvalue weighted by Crippen LogP contribution is 2.40. The van der Waals surface area contributed by atoms with E-state index in [0.29, 0.717) is 13.2 Å². The lowest BCUT2D eigenvalue weighted by atomic mass is 9.77. The van der Waals surface area contributed by atoms with Crippen LogP contribution in [-0.4, -0.2) is 65.9 Å². The smallest absolute Gasteiger partial charge is 0.124 e. The van der Waals surface area contributed by atoms with Gasteiger partial charge in [0.25, 0.3) is 0 Å². The van der Waals surface area contributed by atoms with Crippen LogP contribution >= 0.6 is 0 Å². The Morgan fingerprint density at radius 3 is 2.40 bits per heavy atom. The van der Waals surface area contributed by atoms with Crippen molar-refractivity contribution in [1.29, 1.82) is 0 Å². The molecule has 0 radical (unpaired) electrons. The van der Waals surface area contributed by atoms with E-state index in [4.69, 9.17) is 9.47 Å². The molecule has 2 fully saturated rings. The molecule has 0 saturated carbocycles. The van der Waals surface area contributed by atoms with Gasteiger partial charge in [0.05, 0.1) is 12.2 Å². The number of aliphatic hydroxyl groups is 1. The van der Waals surface area contributed by atoms with Crippen molar-refractivity contribution in [1.82, 2.24) is 9.80 Å². The van der Waals surface area contributed by atoms with E-state index in [1.54, 1.807) is 0 Å². The van der Waals surface area contributed by atoms with E-state index in [-0.39, 0.29) is 17.1 Å². The zero-order valence-corrected chi connectivity index (χ0v) is 22.5. The molecule has 5 heteroatoms. The highest BCUT2D eigenvalue weighted by atomic mass is 16.5. The lowest BCUT2D eigenvalue weighted by Crippen LogP contribution is -2.62. The summed E-state index contributed by atoms with van der Waals surface area (Å²) in [7, 11) is 4.12. The number of rotatable bonds is 6. The molecule has 2 aliphatic rings. The molecule has 0 bridgehead atoms. The predicted octanol–water partition coefficient (Wildman–Crippen LogP) is 5.00. The van der Waals surface area contributed by atoms with E-state index in [9.17, 15) is 5.11 Å². The lowest BCUT2D eigenvalue weighted by molar-refractivity contribution is -0.207. The van der Waals surface area contributed by atoms with Gasteiger partial charge in [-0.2, -0.15) is 0 Å². The van der Waals surface area contributed by atoms with Crippen molar-refractivity contribution in [3.63, 3.8) is 0 Å². The average Bonchev–Trinajstić information content (AvgIpc) is 2.81. The van der Waals surface area contributed by atoms with Gasteiger partial charge in [0.2, 0.25) is 0 Å². The van der Waals surface area contributed by atoms with Crippen LogP contribution in [0.25, 0.3) is 0 Å². The molecule has 4 rings (SSSR count). The number of piperidine rings is 1. The number of likely N-dealkylation sites (tertiary alicyclic amines) is 1. The Morgan fingerprint density at radius 2 is 1.77 bits per heavy atom. The minimum Gasteiger partial charge on any atom is -0.489 e. The molecule has 1 spiro atoms. The summed E-state index contributed by atoms with van der Waals surface area (Å²) in [5, 5.41) is 10.8. The maximum Gasteiger partial charge on any atom is 0.124 e. The van der Waals surface area contributed by atoms with Crippen LogP contribution in [0.1, 0.15) is 63.6 Å². The molecule has 2 heterocycles. The summed E-state index contributed by atoms with van der Waals surface area (Å²) >= 11 is 0. The van der Waals surface area contributed by atoms with Gasteiger partial charge < -0.3 is 19.5 Å². The molecule has 0 amide bonds. The van der Waals surface area contributed by atoms with E-state index in [2.05, 4.69) is 87.1 Å². The first-order chi connectivity index (χ1) is 16.5. The molecule has 35 heavy (non-hydrogen) atoms.